The number of hydrogen-bond donors (Lipinski definition) is 2. The first-order chi connectivity index (χ1) is 10.5. The van der Waals surface area contributed by atoms with Crippen LogP contribution in [0.2, 0.25) is 5.02 Å². The molecule has 0 spiro atoms. The van der Waals surface area contributed by atoms with E-state index in [1.165, 1.54) is 12.0 Å². The molecule has 1 aromatic rings. The first-order valence-corrected chi connectivity index (χ1v) is 7.07. The van der Waals surface area contributed by atoms with E-state index in [2.05, 4.69) is 10.1 Å². The minimum Gasteiger partial charge on any atom is -0.487 e. The van der Waals surface area contributed by atoms with Gasteiger partial charge in [-0.25, -0.2) is 9.59 Å². The van der Waals surface area contributed by atoms with Gasteiger partial charge in [0.05, 0.1) is 26.8 Å². The fraction of sp³-hybridized carbons (Fsp3) is 0.429. The zero-order valence-electron chi connectivity index (χ0n) is 12.0. The van der Waals surface area contributed by atoms with Gasteiger partial charge in [-0.15, -0.1) is 0 Å². The van der Waals surface area contributed by atoms with Crippen molar-refractivity contribution in [2.45, 2.75) is 12.1 Å². The van der Waals surface area contributed by atoms with Crippen molar-refractivity contribution in [2.24, 2.45) is 0 Å². The highest BCUT2D eigenvalue weighted by Gasteiger charge is 2.34. The molecule has 1 fully saturated rings. The van der Waals surface area contributed by atoms with Crippen LogP contribution in [0.15, 0.2) is 24.3 Å². The predicted molar refractivity (Wildman–Crippen MR) is 78.9 cm³/mol. The molecule has 0 aromatic heterocycles. The molecule has 1 aromatic carbocycles. The number of nitrogens with zero attached hydrogens (tertiary/aromatic N) is 1. The molecule has 2 N–H and O–H groups in total. The van der Waals surface area contributed by atoms with Gasteiger partial charge in [0.15, 0.2) is 6.04 Å². The average Bonchev–Trinajstić information content (AvgIpc) is 2.48. The number of carbonyl (C=O) groups is 2. The first-order valence-electron chi connectivity index (χ1n) is 6.70. The molecule has 7 nitrogen and oxygen atoms in total. The van der Waals surface area contributed by atoms with Crippen LogP contribution in [0.1, 0.15) is 0 Å². The minimum absolute atomic E-state index is 0.113. The van der Waals surface area contributed by atoms with E-state index in [-0.39, 0.29) is 6.10 Å². The van der Waals surface area contributed by atoms with Gasteiger partial charge >= 0.3 is 12.0 Å². The number of ether oxygens (including phenoxy) is 2. The lowest BCUT2D eigenvalue weighted by Crippen LogP contribution is -2.61. The highest BCUT2D eigenvalue weighted by Crippen LogP contribution is 2.20. The summed E-state index contributed by atoms with van der Waals surface area (Å²) in [6.07, 6.45) is -0.113. The Morgan fingerprint density at radius 3 is 2.59 bits per heavy atom. The van der Waals surface area contributed by atoms with Gasteiger partial charge in [-0.3, -0.25) is 0 Å². The average molecular weight is 329 g/mol. The number of carbonyl (C=O) groups excluding carboxylic acids is 2. The standard InChI is InChI=1S/C14H17ClN2O5/c1-21-13(19)12(8-18)16-14(20)17-6-11(7-17)22-10-4-2-9(15)3-5-10/h2-5,11-12,18H,6-8H2,1H3,(H,16,20)/t12-/m0/s1. The lowest BCUT2D eigenvalue weighted by Gasteiger charge is -2.39. The first kappa shape index (κ1) is 16.4. The van der Waals surface area contributed by atoms with E-state index in [4.69, 9.17) is 21.4 Å². The van der Waals surface area contributed by atoms with Crippen LogP contribution in [0.4, 0.5) is 4.79 Å². The maximum atomic E-state index is 11.9. The quantitative estimate of drug-likeness (QED) is 0.775. The molecule has 2 amide bonds. The van der Waals surface area contributed by atoms with Crippen molar-refractivity contribution in [1.29, 1.82) is 0 Å². The van der Waals surface area contributed by atoms with Crippen LogP contribution < -0.4 is 10.1 Å². The lowest BCUT2D eigenvalue weighted by atomic mass is 10.2. The number of aliphatic hydroxyl groups is 1. The number of nitrogens with one attached hydrogen (secondary N) is 1. The second-order valence-electron chi connectivity index (χ2n) is 4.81. The Morgan fingerprint density at radius 2 is 2.05 bits per heavy atom. The summed E-state index contributed by atoms with van der Waals surface area (Å²) >= 11 is 5.79. The van der Waals surface area contributed by atoms with E-state index in [1.807, 2.05) is 0 Å². The van der Waals surface area contributed by atoms with Crippen LogP contribution in [0.5, 0.6) is 5.75 Å². The molecule has 0 saturated carbocycles. The van der Waals surface area contributed by atoms with Crippen molar-refractivity contribution in [1.82, 2.24) is 10.2 Å². The van der Waals surface area contributed by atoms with Gasteiger partial charge in [0.1, 0.15) is 11.9 Å². The number of aliphatic hydroxyl groups excluding tert-OH is 1. The number of rotatable bonds is 5. The van der Waals surface area contributed by atoms with E-state index in [0.717, 1.165) is 0 Å². The summed E-state index contributed by atoms with van der Waals surface area (Å²) < 4.78 is 10.1. The van der Waals surface area contributed by atoms with E-state index in [0.29, 0.717) is 23.9 Å². The summed E-state index contributed by atoms with van der Waals surface area (Å²) in [6, 6.07) is 5.45. The third-order valence-electron chi connectivity index (χ3n) is 3.22. The monoisotopic (exact) mass is 328 g/mol. The van der Waals surface area contributed by atoms with Crippen molar-refractivity contribution in [2.75, 3.05) is 26.8 Å². The van der Waals surface area contributed by atoms with Crippen LogP contribution >= 0.6 is 11.6 Å². The Labute approximate surface area is 132 Å². The van der Waals surface area contributed by atoms with Crippen LogP contribution in [-0.4, -0.2) is 61.0 Å². The Bertz CT molecular complexity index is 531. The van der Waals surface area contributed by atoms with Gasteiger partial charge in [-0.1, -0.05) is 11.6 Å². The Morgan fingerprint density at radius 1 is 1.41 bits per heavy atom. The maximum absolute atomic E-state index is 11.9. The topological polar surface area (TPSA) is 88.1 Å². The molecule has 1 atom stereocenters. The molecule has 1 aliphatic heterocycles. The number of methoxy groups -OCH3 is 1. The molecule has 0 radical (unpaired) electrons. The van der Waals surface area contributed by atoms with E-state index in [9.17, 15) is 9.59 Å². The molecule has 22 heavy (non-hydrogen) atoms. The molecule has 0 aliphatic carbocycles. The molecule has 2 rings (SSSR count). The molecule has 120 valence electrons. The predicted octanol–water partition coefficient (Wildman–Crippen LogP) is 0.646. The largest absolute Gasteiger partial charge is 0.487 e. The fourth-order valence-electron chi connectivity index (χ4n) is 1.95. The van der Waals surface area contributed by atoms with Crippen LogP contribution in [0.25, 0.3) is 0 Å². The summed E-state index contributed by atoms with van der Waals surface area (Å²) in [5, 5.41) is 12.1. The SMILES string of the molecule is COC(=O)[C@H](CO)NC(=O)N1CC(Oc2ccc(Cl)cc2)C1. The molecule has 1 aliphatic rings. The maximum Gasteiger partial charge on any atom is 0.330 e. The second-order valence-corrected chi connectivity index (χ2v) is 5.24. The lowest BCUT2D eigenvalue weighted by molar-refractivity contribution is -0.143. The van der Waals surface area contributed by atoms with Crippen molar-refractivity contribution >= 4 is 23.6 Å². The number of benzene rings is 1. The molecule has 1 saturated heterocycles. The van der Waals surface area contributed by atoms with Gasteiger partial charge in [0.2, 0.25) is 0 Å². The molecule has 0 bridgehead atoms. The zero-order chi connectivity index (χ0) is 16.1. The summed E-state index contributed by atoms with van der Waals surface area (Å²) in [4.78, 5) is 24.6. The summed E-state index contributed by atoms with van der Waals surface area (Å²) in [5.41, 5.74) is 0. The number of urea groups is 1. The van der Waals surface area contributed by atoms with Gasteiger partial charge in [0, 0.05) is 5.02 Å². The molecule has 0 unspecified atom stereocenters. The van der Waals surface area contributed by atoms with Crippen molar-refractivity contribution in [3.63, 3.8) is 0 Å². The normalized spacial score (nSPS) is 15.7. The third kappa shape index (κ3) is 4.02. The summed E-state index contributed by atoms with van der Waals surface area (Å²) in [5.74, 6) is -0.0115. The van der Waals surface area contributed by atoms with Gasteiger partial charge < -0.3 is 24.8 Å². The number of likely N-dealkylation sites (tertiary alicyclic amines) is 1. The van der Waals surface area contributed by atoms with Crippen LogP contribution in [-0.2, 0) is 9.53 Å². The minimum atomic E-state index is -1.06. The van der Waals surface area contributed by atoms with Crippen molar-refractivity contribution in [3.8, 4) is 5.75 Å². The molecular weight excluding hydrogens is 312 g/mol. The fourth-order valence-corrected chi connectivity index (χ4v) is 2.07. The molecule has 8 heteroatoms. The van der Waals surface area contributed by atoms with Crippen molar-refractivity contribution in [3.05, 3.63) is 29.3 Å². The van der Waals surface area contributed by atoms with Gasteiger partial charge in [-0.05, 0) is 24.3 Å². The van der Waals surface area contributed by atoms with Crippen LogP contribution in [0, 0.1) is 0 Å². The van der Waals surface area contributed by atoms with E-state index in [1.54, 1.807) is 24.3 Å². The Kier molecular flexibility index (Phi) is 5.46. The van der Waals surface area contributed by atoms with E-state index < -0.39 is 24.6 Å². The number of amides is 2. The van der Waals surface area contributed by atoms with E-state index >= 15 is 0 Å². The number of esters is 1. The molecule has 1 heterocycles. The second kappa shape index (κ2) is 7.33. The smallest absolute Gasteiger partial charge is 0.330 e. The third-order valence-corrected chi connectivity index (χ3v) is 3.47. The number of halogens is 1. The molecular formula is C14H17ClN2O5. The van der Waals surface area contributed by atoms with Gasteiger partial charge in [0.25, 0.3) is 0 Å². The Hall–Kier alpha value is -1.99. The summed E-state index contributed by atoms with van der Waals surface area (Å²) in [6.45, 7) is 0.276. The number of hydrogen-bond acceptors (Lipinski definition) is 5. The van der Waals surface area contributed by atoms with Crippen molar-refractivity contribution < 1.29 is 24.2 Å². The Balaban J connectivity index is 1.77. The van der Waals surface area contributed by atoms with Gasteiger partial charge in [-0.2, -0.15) is 0 Å². The van der Waals surface area contributed by atoms with Crippen LogP contribution in [0.3, 0.4) is 0 Å². The summed E-state index contributed by atoms with van der Waals surface area (Å²) in [7, 11) is 1.19. The highest BCUT2D eigenvalue weighted by atomic mass is 35.5. The zero-order valence-corrected chi connectivity index (χ0v) is 12.7. The highest BCUT2D eigenvalue weighted by molar-refractivity contribution is 6.30.